The highest BCUT2D eigenvalue weighted by molar-refractivity contribution is 7.18. The Kier molecular flexibility index (Phi) is 4.37. The van der Waals surface area contributed by atoms with Crippen molar-refractivity contribution in [2.75, 3.05) is 31.1 Å². The van der Waals surface area contributed by atoms with Crippen molar-refractivity contribution in [2.24, 2.45) is 0 Å². The molecule has 6 nitrogen and oxygen atoms in total. The molecule has 4 rings (SSSR count). The van der Waals surface area contributed by atoms with Crippen molar-refractivity contribution in [2.45, 2.75) is 45.7 Å². The first-order valence-corrected chi connectivity index (χ1v) is 9.86. The second kappa shape index (κ2) is 6.53. The third-order valence-electron chi connectivity index (χ3n) is 5.41. The monoisotopic (exact) mass is 359 g/mol. The van der Waals surface area contributed by atoms with E-state index in [2.05, 4.69) is 38.9 Å². The molecule has 25 heavy (non-hydrogen) atoms. The zero-order valence-electron chi connectivity index (χ0n) is 15.1. The number of aryl methyl sites for hydroxylation is 2. The van der Waals surface area contributed by atoms with Crippen molar-refractivity contribution in [3.8, 4) is 0 Å². The molecule has 0 bridgehead atoms. The fraction of sp³-hybridized carbons (Fsp3) is 0.611. The third kappa shape index (κ3) is 3.22. The Morgan fingerprint density at radius 2 is 1.96 bits per heavy atom. The minimum Gasteiger partial charge on any atom is -0.353 e. The van der Waals surface area contributed by atoms with Crippen molar-refractivity contribution >= 4 is 33.3 Å². The highest BCUT2D eigenvalue weighted by Gasteiger charge is 2.30. The van der Waals surface area contributed by atoms with E-state index in [-0.39, 0.29) is 11.9 Å². The number of fused-ring (bicyclic) bond motifs is 1. The fourth-order valence-electron chi connectivity index (χ4n) is 3.44. The molecule has 7 heteroatoms. The quantitative estimate of drug-likeness (QED) is 0.906. The average molecular weight is 359 g/mol. The van der Waals surface area contributed by atoms with Crippen LogP contribution in [0, 0.1) is 13.8 Å². The van der Waals surface area contributed by atoms with Crippen LogP contribution in [0.25, 0.3) is 10.2 Å². The van der Waals surface area contributed by atoms with E-state index in [4.69, 9.17) is 0 Å². The van der Waals surface area contributed by atoms with Crippen LogP contribution in [-0.4, -0.2) is 59.0 Å². The van der Waals surface area contributed by atoms with Crippen LogP contribution in [0.15, 0.2) is 6.33 Å². The van der Waals surface area contributed by atoms with Gasteiger partial charge in [-0.25, -0.2) is 9.97 Å². The van der Waals surface area contributed by atoms with Crippen LogP contribution in [-0.2, 0) is 4.79 Å². The average Bonchev–Trinajstić information content (AvgIpc) is 3.39. The zero-order valence-corrected chi connectivity index (χ0v) is 15.9. The minimum atomic E-state index is -0.0571. The number of hydrogen-bond donors (Lipinski definition) is 1. The van der Waals surface area contributed by atoms with Crippen LogP contribution in [0.5, 0.6) is 0 Å². The van der Waals surface area contributed by atoms with Gasteiger partial charge in [0.05, 0.1) is 11.4 Å². The van der Waals surface area contributed by atoms with E-state index in [1.54, 1.807) is 17.7 Å². The maximum atomic E-state index is 12.3. The number of thiophene rings is 1. The summed E-state index contributed by atoms with van der Waals surface area (Å²) in [5.74, 6) is 1.21. The van der Waals surface area contributed by atoms with Crippen LogP contribution in [0.4, 0.5) is 5.82 Å². The summed E-state index contributed by atoms with van der Waals surface area (Å²) in [7, 11) is 0. The summed E-state index contributed by atoms with van der Waals surface area (Å²) < 4.78 is 0. The predicted molar refractivity (Wildman–Crippen MR) is 101 cm³/mol. The summed E-state index contributed by atoms with van der Waals surface area (Å²) in [6, 6.07) is 0.369. The Bertz CT molecular complexity index is 792. The molecular formula is C18H25N5OS. The predicted octanol–water partition coefficient (Wildman–Crippen LogP) is 2.10. The summed E-state index contributed by atoms with van der Waals surface area (Å²) in [4.78, 5) is 28.3. The van der Waals surface area contributed by atoms with Crippen LogP contribution < -0.4 is 10.2 Å². The van der Waals surface area contributed by atoms with Crippen LogP contribution in [0.1, 0.15) is 30.2 Å². The number of nitrogens with one attached hydrogen (secondary N) is 1. The Morgan fingerprint density at radius 1 is 1.24 bits per heavy atom. The smallest absolute Gasteiger partial charge is 0.237 e. The highest BCUT2D eigenvalue weighted by Crippen LogP contribution is 2.34. The number of amides is 1. The molecule has 2 aliphatic rings. The Balaban J connectivity index is 1.46. The maximum absolute atomic E-state index is 12.3. The fourth-order valence-corrected chi connectivity index (χ4v) is 4.43. The van der Waals surface area contributed by atoms with Crippen LogP contribution >= 0.6 is 11.3 Å². The molecule has 1 atom stereocenters. The molecule has 2 aromatic rings. The Hall–Kier alpha value is -1.73. The third-order valence-corrected chi connectivity index (χ3v) is 6.53. The summed E-state index contributed by atoms with van der Waals surface area (Å²) in [6.07, 6.45) is 3.94. The van der Waals surface area contributed by atoms with Gasteiger partial charge in [-0.15, -0.1) is 11.3 Å². The summed E-state index contributed by atoms with van der Waals surface area (Å²) in [5, 5.41) is 4.31. The number of rotatable bonds is 4. The lowest BCUT2D eigenvalue weighted by molar-refractivity contribution is -0.126. The van der Waals surface area contributed by atoms with Gasteiger partial charge in [0.2, 0.25) is 5.91 Å². The van der Waals surface area contributed by atoms with Gasteiger partial charge >= 0.3 is 0 Å². The van der Waals surface area contributed by atoms with E-state index in [9.17, 15) is 4.79 Å². The largest absolute Gasteiger partial charge is 0.353 e. The first kappa shape index (κ1) is 16.7. The van der Waals surface area contributed by atoms with Gasteiger partial charge in [0.1, 0.15) is 17.0 Å². The molecule has 3 heterocycles. The van der Waals surface area contributed by atoms with Crippen molar-refractivity contribution in [3.63, 3.8) is 0 Å². The van der Waals surface area contributed by atoms with Gasteiger partial charge in [-0.3, -0.25) is 9.69 Å². The van der Waals surface area contributed by atoms with E-state index < -0.39 is 0 Å². The summed E-state index contributed by atoms with van der Waals surface area (Å²) >= 11 is 1.74. The lowest BCUT2D eigenvalue weighted by Gasteiger charge is -2.38. The normalized spacial score (nSPS) is 20.0. The second-order valence-corrected chi connectivity index (χ2v) is 8.35. The van der Waals surface area contributed by atoms with Crippen molar-refractivity contribution in [1.82, 2.24) is 20.2 Å². The molecule has 0 unspecified atom stereocenters. The number of aromatic nitrogens is 2. The van der Waals surface area contributed by atoms with Gasteiger partial charge in [0.25, 0.3) is 0 Å². The molecular weight excluding hydrogens is 334 g/mol. The van der Waals surface area contributed by atoms with Crippen LogP contribution in [0.2, 0.25) is 0 Å². The first-order valence-electron chi connectivity index (χ1n) is 9.04. The van der Waals surface area contributed by atoms with Crippen molar-refractivity contribution < 1.29 is 4.79 Å². The molecule has 0 aromatic carbocycles. The first-order chi connectivity index (χ1) is 12.0. The Labute approximate surface area is 152 Å². The molecule has 2 fully saturated rings. The highest BCUT2D eigenvalue weighted by atomic mass is 32.1. The topological polar surface area (TPSA) is 61.4 Å². The van der Waals surface area contributed by atoms with Gasteiger partial charge in [-0.1, -0.05) is 0 Å². The van der Waals surface area contributed by atoms with E-state index >= 15 is 0 Å². The van der Waals surface area contributed by atoms with Gasteiger partial charge in [0.15, 0.2) is 0 Å². The summed E-state index contributed by atoms with van der Waals surface area (Å²) in [6.45, 7) is 9.86. The minimum absolute atomic E-state index is 0.0571. The van der Waals surface area contributed by atoms with E-state index in [0.29, 0.717) is 6.04 Å². The van der Waals surface area contributed by atoms with Gasteiger partial charge in [0, 0.05) is 37.1 Å². The van der Waals surface area contributed by atoms with Gasteiger partial charge in [-0.05, 0) is 39.2 Å². The summed E-state index contributed by atoms with van der Waals surface area (Å²) in [5.41, 5.74) is 1.29. The number of carbonyl (C=O) groups is 1. The standard InChI is InChI=1S/C18H25N5OS/c1-11-13(3)25-18-15(11)16(19-10-20-18)23-8-6-22(7-9-23)12(2)17(24)21-14-4-5-14/h10,12,14H,4-9H2,1-3H3,(H,21,24)/t12-/m0/s1. The van der Waals surface area contributed by atoms with E-state index in [1.165, 1.54) is 15.8 Å². The molecule has 134 valence electrons. The number of nitrogens with zero attached hydrogens (tertiary/aromatic N) is 4. The number of anilines is 1. The van der Waals surface area contributed by atoms with Crippen LogP contribution in [0.3, 0.4) is 0 Å². The maximum Gasteiger partial charge on any atom is 0.237 e. The molecule has 1 aliphatic carbocycles. The second-order valence-electron chi connectivity index (χ2n) is 7.14. The number of carbonyl (C=O) groups excluding carboxylic acids is 1. The zero-order chi connectivity index (χ0) is 17.6. The molecule has 1 amide bonds. The molecule has 1 saturated heterocycles. The number of piperazine rings is 1. The van der Waals surface area contributed by atoms with Crippen molar-refractivity contribution in [1.29, 1.82) is 0 Å². The number of hydrogen-bond acceptors (Lipinski definition) is 6. The molecule has 1 aliphatic heterocycles. The lowest BCUT2D eigenvalue weighted by atomic mass is 10.1. The van der Waals surface area contributed by atoms with E-state index in [1.807, 2.05) is 6.92 Å². The molecule has 0 radical (unpaired) electrons. The lowest BCUT2D eigenvalue weighted by Crippen LogP contribution is -2.54. The molecule has 1 saturated carbocycles. The van der Waals surface area contributed by atoms with Gasteiger partial charge < -0.3 is 10.2 Å². The van der Waals surface area contributed by atoms with E-state index in [0.717, 1.165) is 49.7 Å². The van der Waals surface area contributed by atoms with Gasteiger partial charge in [-0.2, -0.15) is 0 Å². The molecule has 2 aromatic heterocycles. The van der Waals surface area contributed by atoms with Crippen molar-refractivity contribution in [3.05, 3.63) is 16.8 Å². The Morgan fingerprint density at radius 3 is 2.64 bits per heavy atom. The molecule has 1 N–H and O–H groups in total. The SMILES string of the molecule is Cc1sc2ncnc(N3CCN([C@@H](C)C(=O)NC4CC4)CC3)c2c1C. The molecule has 0 spiro atoms.